The molecule has 3 N–H and O–H groups in total. The number of phenolic OH excluding ortho intramolecular Hbond substituents is 3. The molecule has 48 heavy (non-hydrogen) atoms. The minimum atomic E-state index is 0.191. The van der Waals surface area contributed by atoms with Crippen LogP contribution in [-0.4, -0.2) is 35.3 Å². The zero-order chi connectivity index (χ0) is 32.9. The molecule has 9 heteroatoms. The monoisotopic (exact) mass is 639 g/mol. The van der Waals surface area contributed by atoms with Gasteiger partial charge in [-0.3, -0.25) is 0 Å². The molecular formula is C39H33N3O6. The van der Waals surface area contributed by atoms with Crippen LogP contribution in [0.25, 0.3) is 0 Å². The molecule has 1 fully saturated rings. The topological polar surface area (TPSA) is 98.1 Å². The number of nitrogens with zero attached hydrogens (tertiary/aromatic N) is 3. The Morgan fingerprint density at radius 3 is 0.688 bits per heavy atom. The molecule has 6 aromatic carbocycles. The lowest BCUT2D eigenvalue weighted by Gasteiger charge is -2.45. The highest BCUT2D eigenvalue weighted by Crippen LogP contribution is 2.32. The van der Waals surface area contributed by atoms with Crippen molar-refractivity contribution < 1.29 is 29.5 Å². The third-order valence-electron chi connectivity index (χ3n) is 7.85. The van der Waals surface area contributed by atoms with Crippen molar-refractivity contribution in [2.45, 2.75) is 0 Å². The quantitative estimate of drug-likeness (QED) is 0.143. The Kier molecular flexibility index (Phi) is 8.48. The van der Waals surface area contributed by atoms with E-state index in [-0.39, 0.29) is 17.2 Å². The highest BCUT2D eigenvalue weighted by molar-refractivity contribution is 5.60. The third kappa shape index (κ3) is 7.32. The fourth-order valence-electron chi connectivity index (χ4n) is 5.37. The summed E-state index contributed by atoms with van der Waals surface area (Å²) in [7, 11) is 0. The minimum absolute atomic E-state index is 0.191. The summed E-state index contributed by atoms with van der Waals surface area (Å²) in [4.78, 5) is 6.86. The minimum Gasteiger partial charge on any atom is -0.508 e. The van der Waals surface area contributed by atoms with Gasteiger partial charge in [0, 0.05) is 17.1 Å². The third-order valence-corrected chi connectivity index (χ3v) is 7.85. The molecule has 0 aromatic heterocycles. The second kappa shape index (κ2) is 13.5. The van der Waals surface area contributed by atoms with E-state index in [1.165, 1.54) is 0 Å². The number of rotatable bonds is 9. The van der Waals surface area contributed by atoms with Crippen LogP contribution in [0.15, 0.2) is 146 Å². The van der Waals surface area contributed by atoms with Crippen LogP contribution < -0.4 is 28.9 Å². The predicted octanol–water partition coefficient (Wildman–Crippen LogP) is 8.89. The average Bonchev–Trinajstić information content (AvgIpc) is 3.12. The van der Waals surface area contributed by atoms with Crippen LogP contribution in [0.3, 0.4) is 0 Å². The van der Waals surface area contributed by atoms with E-state index in [9.17, 15) is 15.3 Å². The van der Waals surface area contributed by atoms with E-state index in [4.69, 9.17) is 14.2 Å². The Morgan fingerprint density at radius 2 is 0.479 bits per heavy atom. The molecule has 1 saturated heterocycles. The first-order chi connectivity index (χ1) is 23.4. The van der Waals surface area contributed by atoms with Gasteiger partial charge in [0.15, 0.2) is 0 Å². The van der Waals surface area contributed by atoms with Crippen LogP contribution in [0, 0.1) is 0 Å². The SMILES string of the molecule is Oc1ccc(Oc2ccc(N3CN(c4ccc(Oc5ccc(O)cc5)cc4)CN(c4ccc(Oc5ccc(O)cc5)cc4)C3)cc2)cc1. The molecule has 0 saturated carbocycles. The Bertz CT molecular complexity index is 1700. The van der Waals surface area contributed by atoms with Crippen molar-refractivity contribution in [3.05, 3.63) is 146 Å². The number of benzene rings is 6. The molecule has 240 valence electrons. The first kappa shape index (κ1) is 30.2. The lowest BCUT2D eigenvalue weighted by atomic mass is 10.2. The van der Waals surface area contributed by atoms with Gasteiger partial charge in [0.05, 0.1) is 20.0 Å². The van der Waals surface area contributed by atoms with Gasteiger partial charge in [0.25, 0.3) is 0 Å². The van der Waals surface area contributed by atoms with Crippen molar-refractivity contribution in [3.8, 4) is 51.7 Å². The second-order valence-corrected chi connectivity index (χ2v) is 11.3. The highest BCUT2D eigenvalue weighted by atomic mass is 16.5. The molecule has 0 atom stereocenters. The van der Waals surface area contributed by atoms with Gasteiger partial charge >= 0.3 is 0 Å². The molecule has 1 aliphatic rings. The smallest absolute Gasteiger partial charge is 0.127 e. The summed E-state index contributed by atoms with van der Waals surface area (Å²) in [5.41, 5.74) is 3.09. The molecule has 0 unspecified atom stereocenters. The molecule has 0 bridgehead atoms. The molecular weight excluding hydrogens is 606 g/mol. The van der Waals surface area contributed by atoms with E-state index in [0.717, 1.165) is 17.1 Å². The summed E-state index contributed by atoms with van der Waals surface area (Å²) in [5.74, 6) is 4.60. The molecule has 0 amide bonds. The summed E-state index contributed by atoms with van der Waals surface area (Å²) < 4.78 is 17.9. The van der Waals surface area contributed by atoms with Gasteiger partial charge in [0.2, 0.25) is 0 Å². The Hall–Kier alpha value is -6.48. The van der Waals surface area contributed by atoms with Crippen molar-refractivity contribution in [2.75, 3.05) is 34.7 Å². The number of hydrogen-bond donors (Lipinski definition) is 3. The summed E-state index contributed by atoms with van der Waals surface area (Å²) in [5, 5.41) is 28.7. The van der Waals surface area contributed by atoms with Gasteiger partial charge < -0.3 is 44.2 Å². The van der Waals surface area contributed by atoms with Gasteiger partial charge in [0.1, 0.15) is 51.7 Å². The van der Waals surface area contributed by atoms with Crippen LogP contribution in [-0.2, 0) is 0 Å². The summed E-state index contributed by atoms with van der Waals surface area (Å²) in [6, 6.07) is 43.8. The Morgan fingerprint density at radius 1 is 0.292 bits per heavy atom. The van der Waals surface area contributed by atoms with Crippen molar-refractivity contribution >= 4 is 17.1 Å². The average molecular weight is 640 g/mol. The normalized spacial score (nSPS) is 12.9. The van der Waals surface area contributed by atoms with Gasteiger partial charge in [-0.05, 0) is 146 Å². The highest BCUT2D eigenvalue weighted by Gasteiger charge is 2.25. The summed E-state index contributed by atoms with van der Waals surface area (Å²) >= 11 is 0. The van der Waals surface area contributed by atoms with Gasteiger partial charge in [-0.25, -0.2) is 0 Å². The van der Waals surface area contributed by atoms with E-state index < -0.39 is 0 Å². The zero-order valence-corrected chi connectivity index (χ0v) is 25.9. The number of anilines is 3. The maximum atomic E-state index is 9.58. The lowest BCUT2D eigenvalue weighted by molar-refractivity contribution is 0.464. The van der Waals surface area contributed by atoms with E-state index in [1.807, 2.05) is 72.8 Å². The number of hydrogen-bond acceptors (Lipinski definition) is 9. The molecule has 1 aliphatic heterocycles. The number of phenols is 3. The maximum Gasteiger partial charge on any atom is 0.127 e. The fourth-order valence-corrected chi connectivity index (χ4v) is 5.37. The van der Waals surface area contributed by atoms with Gasteiger partial charge in [-0.15, -0.1) is 0 Å². The molecule has 1 heterocycles. The van der Waals surface area contributed by atoms with Crippen molar-refractivity contribution in [2.24, 2.45) is 0 Å². The van der Waals surface area contributed by atoms with Crippen molar-refractivity contribution in [1.29, 1.82) is 0 Å². The molecule has 0 aliphatic carbocycles. The standard InChI is InChI=1S/C39H33N3O6/c43-31-7-19-37(20-8-31)46-34-13-1-28(2-14-34)40-25-41(29-3-15-35(16-4-29)47-38-21-9-32(44)10-22-38)27-42(26-40)30-5-17-36(18-6-30)48-39-23-11-33(45)12-24-39/h1-24,43-45H,25-27H2. The van der Waals surface area contributed by atoms with Crippen LogP contribution in [0.5, 0.6) is 51.7 Å². The predicted molar refractivity (Wildman–Crippen MR) is 186 cm³/mol. The lowest BCUT2D eigenvalue weighted by Crippen LogP contribution is -2.55. The van der Waals surface area contributed by atoms with Gasteiger partial charge in [-0.1, -0.05) is 0 Å². The maximum absolute atomic E-state index is 9.58. The largest absolute Gasteiger partial charge is 0.508 e. The van der Waals surface area contributed by atoms with E-state index in [1.54, 1.807) is 72.8 Å². The van der Waals surface area contributed by atoms with Crippen LogP contribution in [0.1, 0.15) is 0 Å². The Labute approximate surface area is 278 Å². The fraction of sp³-hybridized carbons (Fsp3) is 0.0769. The molecule has 0 radical (unpaired) electrons. The van der Waals surface area contributed by atoms with E-state index >= 15 is 0 Å². The summed E-state index contributed by atoms with van der Waals surface area (Å²) in [6.45, 7) is 1.94. The molecule has 0 spiro atoms. The molecule has 7 rings (SSSR count). The number of aromatic hydroxyl groups is 3. The van der Waals surface area contributed by atoms with Crippen molar-refractivity contribution in [3.63, 3.8) is 0 Å². The Balaban J connectivity index is 1.11. The molecule has 9 nitrogen and oxygen atoms in total. The van der Waals surface area contributed by atoms with E-state index in [0.29, 0.717) is 54.5 Å². The van der Waals surface area contributed by atoms with Gasteiger partial charge in [-0.2, -0.15) is 0 Å². The van der Waals surface area contributed by atoms with E-state index in [2.05, 4.69) is 14.7 Å². The zero-order valence-electron chi connectivity index (χ0n) is 25.9. The van der Waals surface area contributed by atoms with Crippen LogP contribution >= 0.6 is 0 Å². The first-order valence-electron chi connectivity index (χ1n) is 15.4. The first-order valence-corrected chi connectivity index (χ1v) is 15.4. The van der Waals surface area contributed by atoms with Crippen LogP contribution in [0.2, 0.25) is 0 Å². The number of ether oxygens (including phenoxy) is 3. The van der Waals surface area contributed by atoms with Crippen LogP contribution in [0.4, 0.5) is 17.1 Å². The summed E-state index contributed by atoms with van der Waals surface area (Å²) in [6.07, 6.45) is 0. The second-order valence-electron chi connectivity index (χ2n) is 11.3. The molecule has 6 aromatic rings. The van der Waals surface area contributed by atoms with Crippen molar-refractivity contribution in [1.82, 2.24) is 0 Å².